The lowest BCUT2D eigenvalue weighted by molar-refractivity contribution is 0.359. The zero-order valence-electron chi connectivity index (χ0n) is 8.14. The van der Waals surface area contributed by atoms with Gasteiger partial charge >= 0.3 is 7.60 Å². The van der Waals surface area contributed by atoms with E-state index < -0.39 is 13.4 Å². The van der Waals surface area contributed by atoms with Crippen LogP contribution in [-0.4, -0.2) is 9.79 Å². The maximum Gasteiger partial charge on any atom is 0.346 e. The topological polar surface area (TPSA) is 83.6 Å². The number of rotatable bonds is 2. The second-order valence-electron chi connectivity index (χ2n) is 3.38. The highest BCUT2D eigenvalue weighted by Crippen LogP contribution is 2.48. The molecular weight excluding hydrogens is 201 g/mol. The molecule has 0 aliphatic heterocycles. The van der Waals surface area contributed by atoms with Gasteiger partial charge in [-0.2, -0.15) is 0 Å². The summed E-state index contributed by atoms with van der Waals surface area (Å²) in [5.41, 5.74) is 7.96. The minimum absolute atomic E-state index is 0.474. The molecule has 1 aromatic rings. The highest BCUT2D eigenvalue weighted by Gasteiger charge is 2.26. The van der Waals surface area contributed by atoms with E-state index in [1.165, 1.54) is 0 Å². The lowest BCUT2D eigenvalue weighted by Gasteiger charge is -2.14. The Morgan fingerprint density at radius 3 is 2.29 bits per heavy atom. The van der Waals surface area contributed by atoms with Crippen molar-refractivity contribution in [3.8, 4) is 0 Å². The normalized spacial score (nSPS) is 14.1. The zero-order valence-corrected chi connectivity index (χ0v) is 9.03. The molecule has 78 valence electrons. The summed E-state index contributed by atoms with van der Waals surface area (Å²) in [7, 11) is -4.24. The number of nitrogens with two attached hydrogens (primary N) is 1. The molecule has 0 amide bonds. The third kappa shape index (κ3) is 2.42. The molecule has 4 nitrogen and oxygen atoms in total. The van der Waals surface area contributed by atoms with E-state index in [0.29, 0.717) is 5.56 Å². The molecular formula is C9H14NO3P. The Balaban J connectivity index is 3.09. The number of benzene rings is 1. The largest absolute Gasteiger partial charge is 0.346 e. The molecule has 5 heteroatoms. The highest BCUT2D eigenvalue weighted by molar-refractivity contribution is 7.52. The lowest BCUT2D eigenvalue weighted by Crippen LogP contribution is -2.10. The molecule has 4 N–H and O–H groups in total. The van der Waals surface area contributed by atoms with E-state index >= 15 is 0 Å². The maximum absolute atomic E-state index is 10.9. The Morgan fingerprint density at radius 1 is 1.29 bits per heavy atom. The quantitative estimate of drug-likeness (QED) is 0.652. The van der Waals surface area contributed by atoms with Crippen LogP contribution in [0.3, 0.4) is 0 Å². The van der Waals surface area contributed by atoms with Crippen LogP contribution in [0.25, 0.3) is 0 Å². The van der Waals surface area contributed by atoms with Crippen LogP contribution < -0.4 is 5.73 Å². The SMILES string of the molecule is Cc1ccc(C(N)P(=O)(O)O)cc1C. The van der Waals surface area contributed by atoms with Crippen LogP contribution in [0.2, 0.25) is 0 Å². The van der Waals surface area contributed by atoms with Gasteiger partial charge in [0.15, 0.2) is 0 Å². The predicted octanol–water partition coefficient (Wildman–Crippen LogP) is 1.44. The van der Waals surface area contributed by atoms with Crippen LogP contribution in [0.5, 0.6) is 0 Å². The molecule has 1 aromatic carbocycles. The Bertz CT molecular complexity index is 386. The van der Waals surface area contributed by atoms with Gasteiger partial charge in [0.05, 0.1) is 0 Å². The molecule has 0 saturated carbocycles. The van der Waals surface area contributed by atoms with E-state index in [0.717, 1.165) is 11.1 Å². The Morgan fingerprint density at radius 2 is 1.86 bits per heavy atom. The summed E-state index contributed by atoms with van der Waals surface area (Å²) in [6, 6.07) is 5.16. The summed E-state index contributed by atoms with van der Waals surface area (Å²) < 4.78 is 10.9. The first kappa shape index (κ1) is 11.4. The lowest BCUT2D eigenvalue weighted by atomic mass is 10.1. The molecule has 0 spiro atoms. The molecule has 1 rings (SSSR count). The maximum atomic E-state index is 10.9. The van der Waals surface area contributed by atoms with Gasteiger partial charge in [-0.05, 0) is 30.5 Å². The van der Waals surface area contributed by atoms with Gasteiger partial charge in [0.25, 0.3) is 0 Å². The highest BCUT2D eigenvalue weighted by atomic mass is 31.2. The van der Waals surface area contributed by atoms with Crippen molar-refractivity contribution in [3.63, 3.8) is 0 Å². The monoisotopic (exact) mass is 215 g/mol. The van der Waals surface area contributed by atoms with Gasteiger partial charge in [-0.25, -0.2) is 0 Å². The summed E-state index contributed by atoms with van der Waals surface area (Å²) in [6.07, 6.45) is 0. The minimum Gasteiger partial charge on any atom is -0.323 e. The Kier molecular flexibility index (Phi) is 3.12. The molecule has 0 radical (unpaired) electrons. The Labute approximate surface area is 82.9 Å². The molecule has 0 heterocycles. The molecule has 0 saturated heterocycles. The smallest absolute Gasteiger partial charge is 0.323 e. The van der Waals surface area contributed by atoms with Crippen LogP contribution in [-0.2, 0) is 4.57 Å². The van der Waals surface area contributed by atoms with Crippen molar-refractivity contribution in [2.24, 2.45) is 5.73 Å². The fourth-order valence-electron chi connectivity index (χ4n) is 1.14. The summed E-state index contributed by atoms with van der Waals surface area (Å²) in [6.45, 7) is 3.81. The van der Waals surface area contributed by atoms with Gasteiger partial charge in [-0.15, -0.1) is 0 Å². The van der Waals surface area contributed by atoms with E-state index in [9.17, 15) is 4.57 Å². The van der Waals surface area contributed by atoms with Crippen LogP contribution in [0.15, 0.2) is 18.2 Å². The summed E-state index contributed by atoms with van der Waals surface area (Å²) in [5.74, 6) is -1.22. The summed E-state index contributed by atoms with van der Waals surface area (Å²) in [4.78, 5) is 17.8. The van der Waals surface area contributed by atoms with Crippen molar-refractivity contribution in [1.82, 2.24) is 0 Å². The summed E-state index contributed by atoms with van der Waals surface area (Å²) in [5, 5.41) is 0. The van der Waals surface area contributed by atoms with Crippen LogP contribution >= 0.6 is 7.60 Å². The first-order valence-corrected chi connectivity index (χ1v) is 5.88. The van der Waals surface area contributed by atoms with Crippen LogP contribution in [0, 0.1) is 13.8 Å². The van der Waals surface area contributed by atoms with Crippen molar-refractivity contribution in [1.29, 1.82) is 0 Å². The molecule has 1 atom stereocenters. The molecule has 0 aliphatic rings. The van der Waals surface area contributed by atoms with Crippen molar-refractivity contribution in [2.75, 3.05) is 0 Å². The van der Waals surface area contributed by atoms with Gasteiger partial charge in [0.1, 0.15) is 5.78 Å². The second kappa shape index (κ2) is 3.83. The second-order valence-corrected chi connectivity index (χ2v) is 5.11. The van der Waals surface area contributed by atoms with E-state index in [1.807, 2.05) is 13.8 Å². The average Bonchev–Trinajstić information content (AvgIpc) is 2.07. The molecule has 0 bridgehead atoms. The number of aryl methyl sites for hydroxylation is 2. The zero-order chi connectivity index (χ0) is 10.9. The number of hydrogen-bond donors (Lipinski definition) is 3. The van der Waals surface area contributed by atoms with E-state index in [2.05, 4.69) is 0 Å². The van der Waals surface area contributed by atoms with Gasteiger partial charge in [-0.3, -0.25) is 4.57 Å². The van der Waals surface area contributed by atoms with Crippen LogP contribution in [0.4, 0.5) is 0 Å². The van der Waals surface area contributed by atoms with Gasteiger partial charge in [0, 0.05) is 0 Å². The van der Waals surface area contributed by atoms with Crippen molar-refractivity contribution >= 4 is 7.60 Å². The molecule has 1 unspecified atom stereocenters. The van der Waals surface area contributed by atoms with E-state index in [4.69, 9.17) is 15.5 Å². The van der Waals surface area contributed by atoms with Crippen molar-refractivity contribution in [2.45, 2.75) is 19.6 Å². The van der Waals surface area contributed by atoms with E-state index in [1.54, 1.807) is 18.2 Å². The predicted molar refractivity (Wildman–Crippen MR) is 54.9 cm³/mol. The van der Waals surface area contributed by atoms with Crippen LogP contribution in [0.1, 0.15) is 22.5 Å². The van der Waals surface area contributed by atoms with Gasteiger partial charge in [0.2, 0.25) is 0 Å². The third-order valence-corrected chi connectivity index (χ3v) is 3.26. The molecule has 0 aliphatic carbocycles. The summed E-state index contributed by atoms with van der Waals surface area (Å²) >= 11 is 0. The standard InChI is InChI=1S/C9H14NO3P/c1-6-3-4-8(5-7(6)2)9(10)14(11,12)13/h3-5,9H,10H2,1-2H3,(H2,11,12,13). The third-order valence-electron chi connectivity index (χ3n) is 2.23. The minimum atomic E-state index is -4.24. The van der Waals surface area contributed by atoms with Crippen molar-refractivity contribution in [3.05, 3.63) is 34.9 Å². The number of hydrogen-bond acceptors (Lipinski definition) is 2. The van der Waals surface area contributed by atoms with Crippen molar-refractivity contribution < 1.29 is 14.4 Å². The first-order valence-electron chi connectivity index (χ1n) is 4.20. The fourth-order valence-corrected chi connectivity index (χ4v) is 1.69. The average molecular weight is 215 g/mol. The van der Waals surface area contributed by atoms with Gasteiger partial charge < -0.3 is 15.5 Å². The van der Waals surface area contributed by atoms with E-state index in [-0.39, 0.29) is 0 Å². The first-order chi connectivity index (χ1) is 6.32. The molecule has 14 heavy (non-hydrogen) atoms. The van der Waals surface area contributed by atoms with Gasteiger partial charge in [-0.1, -0.05) is 18.2 Å². The molecule has 0 fully saturated rings. The fraction of sp³-hybridized carbons (Fsp3) is 0.333. The molecule has 0 aromatic heterocycles. The Hall–Kier alpha value is -0.670.